The smallest absolute Gasteiger partial charge is 0.183 e. The van der Waals surface area contributed by atoms with Gasteiger partial charge in [-0.05, 0) is 44.2 Å². The van der Waals surface area contributed by atoms with Gasteiger partial charge in [0.15, 0.2) is 23.2 Å². The maximum absolute atomic E-state index is 6.00. The third-order valence-corrected chi connectivity index (χ3v) is 5.28. The summed E-state index contributed by atoms with van der Waals surface area (Å²) in [6.45, 7) is 1.66. The van der Waals surface area contributed by atoms with Crippen molar-refractivity contribution in [2.75, 3.05) is 30.4 Å². The van der Waals surface area contributed by atoms with Gasteiger partial charge in [0, 0.05) is 26.4 Å². The molecule has 0 aliphatic carbocycles. The Hall–Kier alpha value is -2.74. The topological polar surface area (TPSA) is 81.0 Å². The third-order valence-electron chi connectivity index (χ3n) is 5.28. The second kappa shape index (κ2) is 6.77. The molecule has 0 radical (unpaired) electrons. The normalized spacial score (nSPS) is 19.9. The summed E-state index contributed by atoms with van der Waals surface area (Å²) in [5.74, 6) is 1.56. The fourth-order valence-corrected chi connectivity index (χ4v) is 3.93. The van der Waals surface area contributed by atoms with Crippen LogP contribution in [0.25, 0.3) is 11.2 Å². The molecule has 2 aliphatic rings. The van der Waals surface area contributed by atoms with Gasteiger partial charge in [0.1, 0.15) is 5.82 Å². The van der Waals surface area contributed by atoms with E-state index in [1.165, 1.54) is 0 Å². The summed E-state index contributed by atoms with van der Waals surface area (Å²) in [6.07, 6.45) is 8.74. The number of hydrogen-bond acceptors (Lipinski definition) is 7. The van der Waals surface area contributed by atoms with Crippen molar-refractivity contribution in [3.63, 3.8) is 0 Å². The van der Waals surface area contributed by atoms with Gasteiger partial charge in [-0.15, -0.1) is 5.10 Å². The molecule has 2 aliphatic heterocycles. The predicted octanol–water partition coefficient (Wildman–Crippen LogP) is 3.05. The van der Waals surface area contributed by atoms with Crippen LogP contribution in [0.2, 0.25) is 0 Å². The molecule has 1 saturated heterocycles. The zero-order valence-corrected chi connectivity index (χ0v) is 15.4. The average Bonchev–Trinajstić information content (AvgIpc) is 3.12. The lowest BCUT2D eigenvalue weighted by atomic mass is 10.1. The minimum Gasteiger partial charge on any atom is -0.372 e. The summed E-state index contributed by atoms with van der Waals surface area (Å²) in [5, 5.41) is 8.02. The summed E-state index contributed by atoms with van der Waals surface area (Å²) in [5.41, 5.74) is 3.79. The van der Waals surface area contributed by atoms with E-state index in [9.17, 15) is 0 Å². The van der Waals surface area contributed by atoms with Crippen LogP contribution >= 0.6 is 0 Å². The molecule has 1 fully saturated rings. The minimum absolute atomic E-state index is 0.0884. The van der Waals surface area contributed by atoms with E-state index in [1.54, 1.807) is 6.20 Å². The predicted molar refractivity (Wildman–Crippen MR) is 103 cm³/mol. The molecule has 27 heavy (non-hydrogen) atoms. The standard InChI is InChI=1S/C19H23N7O/c1-20-15-12-22-17-18(23-15)26(16-8-2-3-11-27-16)24-19(17)25-10-5-6-13-14(25)7-4-9-21-13/h4,7,9,12,16H,2-3,5-6,8,10-11H2,1H3,(H,20,23). The number of nitrogens with one attached hydrogen (secondary N) is 1. The van der Waals surface area contributed by atoms with Crippen molar-refractivity contribution in [2.45, 2.75) is 38.3 Å². The van der Waals surface area contributed by atoms with Gasteiger partial charge in [-0.2, -0.15) is 0 Å². The van der Waals surface area contributed by atoms with Gasteiger partial charge in [0.25, 0.3) is 0 Å². The number of aromatic nitrogens is 5. The Morgan fingerprint density at radius 1 is 1.22 bits per heavy atom. The van der Waals surface area contributed by atoms with Crippen molar-refractivity contribution >= 4 is 28.5 Å². The highest BCUT2D eigenvalue weighted by Crippen LogP contribution is 2.36. The van der Waals surface area contributed by atoms with Crippen LogP contribution in [0, 0.1) is 0 Å². The number of ether oxygens (including phenoxy) is 1. The molecule has 1 unspecified atom stereocenters. The maximum Gasteiger partial charge on any atom is 0.183 e. The lowest BCUT2D eigenvalue weighted by molar-refractivity contribution is -0.0368. The van der Waals surface area contributed by atoms with Gasteiger partial charge in [-0.3, -0.25) is 4.98 Å². The Kier molecular flexibility index (Phi) is 4.12. The summed E-state index contributed by atoms with van der Waals surface area (Å²) in [7, 11) is 1.85. The first-order chi connectivity index (χ1) is 13.3. The maximum atomic E-state index is 6.00. The van der Waals surface area contributed by atoms with Crippen LogP contribution in [0.5, 0.6) is 0 Å². The van der Waals surface area contributed by atoms with Crippen molar-refractivity contribution < 1.29 is 4.74 Å². The molecular formula is C19H23N7O. The Bertz CT molecular complexity index is 964. The molecule has 0 bridgehead atoms. The Morgan fingerprint density at radius 3 is 3.04 bits per heavy atom. The fourth-order valence-electron chi connectivity index (χ4n) is 3.93. The van der Waals surface area contributed by atoms with Crippen molar-refractivity contribution in [1.29, 1.82) is 0 Å². The quantitative estimate of drug-likeness (QED) is 0.764. The molecule has 0 aromatic carbocycles. The second-order valence-corrected chi connectivity index (χ2v) is 6.99. The van der Waals surface area contributed by atoms with Crippen molar-refractivity contribution in [3.8, 4) is 0 Å². The highest BCUT2D eigenvalue weighted by atomic mass is 16.5. The largest absolute Gasteiger partial charge is 0.372 e. The van der Waals surface area contributed by atoms with E-state index in [0.717, 1.165) is 79.4 Å². The van der Waals surface area contributed by atoms with E-state index < -0.39 is 0 Å². The monoisotopic (exact) mass is 365 g/mol. The van der Waals surface area contributed by atoms with Gasteiger partial charge in [-0.1, -0.05) is 0 Å². The molecule has 3 aromatic rings. The minimum atomic E-state index is -0.0884. The summed E-state index contributed by atoms with van der Waals surface area (Å²) >= 11 is 0. The van der Waals surface area contributed by atoms with E-state index in [2.05, 4.69) is 26.3 Å². The number of anilines is 3. The number of hydrogen-bond donors (Lipinski definition) is 1. The second-order valence-electron chi connectivity index (χ2n) is 6.99. The third kappa shape index (κ3) is 2.80. The molecule has 0 saturated carbocycles. The first-order valence-corrected chi connectivity index (χ1v) is 9.61. The van der Waals surface area contributed by atoms with Gasteiger partial charge in [-0.25, -0.2) is 14.6 Å². The average molecular weight is 365 g/mol. The number of aryl methyl sites for hydroxylation is 1. The number of pyridine rings is 1. The molecule has 1 atom stereocenters. The molecular weight excluding hydrogens is 342 g/mol. The summed E-state index contributed by atoms with van der Waals surface area (Å²) < 4.78 is 7.92. The van der Waals surface area contributed by atoms with E-state index in [4.69, 9.17) is 14.8 Å². The van der Waals surface area contributed by atoms with Crippen LogP contribution in [0.15, 0.2) is 24.5 Å². The first kappa shape index (κ1) is 16.4. The van der Waals surface area contributed by atoms with Gasteiger partial charge < -0.3 is 15.0 Å². The van der Waals surface area contributed by atoms with Crippen LogP contribution in [0.4, 0.5) is 17.3 Å². The van der Waals surface area contributed by atoms with Crippen LogP contribution in [0.3, 0.4) is 0 Å². The van der Waals surface area contributed by atoms with Crippen molar-refractivity contribution in [2.24, 2.45) is 0 Å². The molecule has 0 spiro atoms. The van der Waals surface area contributed by atoms with Crippen molar-refractivity contribution in [1.82, 2.24) is 24.7 Å². The Balaban J connectivity index is 1.67. The van der Waals surface area contributed by atoms with Crippen LogP contribution in [-0.4, -0.2) is 44.9 Å². The lowest BCUT2D eigenvalue weighted by Crippen LogP contribution is -2.26. The van der Waals surface area contributed by atoms with Gasteiger partial charge in [0.05, 0.1) is 17.6 Å². The molecule has 8 heteroatoms. The lowest BCUT2D eigenvalue weighted by Gasteiger charge is -2.28. The van der Waals surface area contributed by atoms with Gasteiger partial charge >= 0.3 is 0 Å². The van der Waals surface area contributed by atoms with E-state index >= 15 is 0 Å². The summed E-state index contributed by atoms with van der Waals surface area (Å²) in [4.78, 5) is 16.2. The Morgan fingerprint density at radius 2 is 2.19 bits per heavy atom. The first-order valence-electron chi connectivity index (χ1n) is 9.61. The number of nitrogens with zero attached hydrogens (tertiary/aromatic N) is 6. The zero-order chi connectivity index (χ0) is 18.2. The van der Waals surface area contributed by atoms with Crippen LogP contribution in [-0.2, 0) is 11.2 Å². The van der Waals surface area contributed by atoms with E-state index in [-0.39, 0.29) is 6.23 Å². The number of rotatable bonds is 3. The van der Waals surface area contributed by atoms with E-state index in [0.29, 0.717) is 0 Å². The zero-order valence-electron chi connectivity index (χ0n) is 15.4. The van der Waals surface area contributed by atoms with Gasteiger partial charge in [0.2, 0.25) is 0 Å². The molecule has 140 valence electrons. The Labute approximate surface area is 157 Å². The fraction of sp³-hybridized carbons (Fsp3) is 0.474. The molecule has 5 heterocycles. The molecule has 0 amide bonds. The number of fused-ring (bicyclic) bond motifs is 2. The SMILES string of the molecule is CNc1cnc2c(N3CCCc4ncccc43)nn(C3CCCCO3)c2n1. The highest BCUT2D eigenvalue weighted by molar-refractivity contribution is 5.88. The van der Waals surface area contributed by atoms with Crippen molar-refractivity contribution in [3.05, 3.63) is 30.2 Å². The molecule has 1 N–H and O–H groups in total. The molecule has 3 aromatic heterocycles. The summed E-state index contributed by atoms with van der Waals surface area (Å²) in [6, 6.07) is 4.09. The highest BCUT2D eigenvalue weighted by Gasteiger charge is 2.28. The molecule has 8 nitrogen and oxygen atoms in total. The van der Waals surface area contributed by atoms with Crippen LogP contribution in [0.1, 0.15) is 37.6 Å². The molecule has 5 rings (SSSR count). The van der Waals surface area contributed by atoms with Crippen LogP contribution < -0.4 is 10.2 Å². The van der Waals surface area contributed by atoms with E-state index in [1.807, 2.05) is 24.0 Å².